The van der Waals surface area contributed by atoms with Gasteiger partial charge in [0.1, 0.15) is 0 Å². The van der Waals surface area contributed by atoms with Gasteiger partial charge in [0.25, 0.3) is 0 Å². The highest BCUT2D eigenvalue weighted by molar-refractivity contribution is 6.42. The number of nitrogens with zero attached hydrogens (tertiary/aromatic N) is 4. The largest absolute Gasteiger partial charge is 0.416 e. The van der Waals surface area contributed by atoms with Crippen molar-refractivity contribution in [3.8, 4) is 0 Å². The van der Waals surface area contributed by atoms with Crippen LogP contribution in [0.2, 0.25) is 10.0 Å². The number of carbonyl (C=O) groups is 3. The van der Waals surface area contributed by atoms with Gasteiger partial charge in [-0.2, -0.15) is 26.3 Å². The van der Waals surface area contributed by atoms with Crippen LogP contribution in [0.1, 0.15) is 67.2 Å². The van der Waals surface area contributed by atoms with E-state index in [4.69, 9.17) is 23.2 Å². The molecule has 0 bridgehead atoms. The Bertz CT molecular complexity index is 1540. The van der Waals surface area contributed by atoms with Crippen molar-refractivity contribution in [2.45, 2.75) is 68.9 Å². The first-order chi connectivity index (χ1) is 22.3. The lowest BCUT2D eigenvalue weighted by Crippen LogP contribution is -2.56. The summed E-state index contributed by atoms with van der Waals surface area (Å²) >= 11 is 12.5. The number of hydrogen-bond acceptors (Lipinski definition) is 3. The SMILES string of the molecule is CC(=O)N1CCC(C(=O)N2CCC(N(C)C(=O)N(C)C3(c4cc(C(F)(F)F)cc(C(F)(F)F)c4)CC3)C(c3ccc(Cl)c(Cl)c3)C2)CC1. The van der Waals surface area contributed by atoms with Crippen molar-refractivity contribution in [2.75, 3.05) is 40.3 Å². The number of carbonyl (C=O) groups excluding carboxylic acids is 3. The highest BCUT2D eigenvalue weighted by Crippen LogP contribution is 2.53. The van der Waals surface area contributed by atoms with E-state index >= 15 is 0 Å². The summed E-state index contributed by atoms with van der Waals surface area (Å²) in [5, 5.41) is 0.595. The molecule has 1 saturated carbocycles. The summed E-state index contributed by atoms with van der Waals surface area (Å²) in [6.45, 7) is 3.03. The van der Waals surface area contributed by atoms with Crippen LogP contribution in [0.4, 0.5) is 31.1 Å². The molecular formula is C33H36Cl2F6N4O3. The first-order valence-electron chi connectivity index (χ1n) is 15.6. The minimum atomic E-state index is -5.02. The Morgan fingerprint density at radius 2 is 1.38 bits per heavy atom. The number of likely N-dealkylation sites (N-methyl/N-ethyl adjacent to an activating group) is 1. The van der Waals surface area contributed by atoms with E-state index in [1.54, 1.807) is 35.0 Å². The second-order valence-electron chi connectivity index (χ2n) is 13.0. The van der Waals surface area contributed by atoms with Gasteiger partial charge >= 0.3 is 18.4 Å². The minimum Gasteiger partial charge on any atom is -0.343 e. The maximum atomic E-state index is 14.1. The molecule has 5 rings (SSSR count). The number of benzene rings is 2. The van der Waals surface area contributed by atoms with E-state index < -0.39 is 47.0 Å². The van der Waals surface area contributed by atoms with Crippen LogP contribution in [-0.4, -0.2) is 83.8 Å². The summed E-state index contributed by atoms with van der Waals surface area (Å²) in [7, 11) is 2.94. The average molecular weight is 722 g/mol. The van der Waals surface area contributed by atoms with Crippen LogP contribution in [0.3, 0.4) is 0 Å². The summed E-state index contributed by atoms with van der Waals surface area (Å²) in [6, 6.07) is 5.44. The molecule has 15 heteroatoms. The molecule has 2 aliphatic heterocycles. The fourth-order valence-corrected chi connectivity index (χ4v) is 7.40. The molecule has 7 nitrogen and oxygen atoms in total. The Morgan fingerprint density at radius 1 is 0.812 bits per heavy atom. The maximum absolute atomic E-state index is 14.1. The van der Waals surface area contributed by atoms with Gasteiger partial charge in [-0.25, -0.2) is 4.79 Å². The Morgan fingerprint density at radius 3 is 1.88 bits per heavy atom. The Hall–Kier alpha value is -3.19. The molecule has 0 spiro atoms. The molecule has 2 aromatic carbocycles. The van der Waals surface area contributed by atoms with E-state index in [0.29, 0.717) is 56.1 Å². The number of hydrogen-bond donors (Lipinski definition) is 0. The molecule has 1 aliphatic carbocycles. The normalized spacial score (nSPS) is 21.6. The lowest BCUT2D eigenvalue weighted by molar-refractivity contribution is -0.143. The summed E-state index contributed by atoms with van der Waals surface area (Å²) in [5.41, 5.74) is -3.73. The molecular weight excluding hydrogens is 685 g/mol. The van der Waals surface area contributed by atoms with Crippen LogP contribution in [0, 0.1) is 5.92 Å². The molecule has 4 amide bonds. The van der Waals surface area contributed by atoms with Gasteiger partial charge in [-0.05, 0) is 73.6 Å². The molecule has 2 aromatic rings. The first kappa shape index (κ1) is 36.1. The highest BCUT2D eigenvalue weighted by atomic mass is 35.5. The van der Waals surface area contributed by atoms with Gasteiger partial charge in [0.15, 0.2) is 0 Å². The Kier molecular flexibility index (Phi) is 9.97. The van der Waals surface area contributed by atoms with Crippen LogP contribution in [-0.2, 0) is 27.5 Å². The van der Waals surface area contributed by atoms with Crippen LogP contribution in [0.5, 0.6) is 0 Å². The van der Waals surface area contributed by atoms with Gasteiger partial charge in [-0.3, -0.25) is 9.59 Å². The van der Waals surface area contributed by atoms with Gasteiger partial charge < -0.3 is 19.6 Å². The van der Waals surface area contributed by atoms with Crippen LogP contribution >= 0.6 is 23.2 Å². The van der Waals surface area contributed by atoms with Crippen LogP contribution in [0.15, 0.2) is 36.4 Å². The number of alkyl halides is 6. The number of amides is 4. The predicted molar refractivity (Wildman–Crippen MR) is 167 cm³/mol. The van der Waals surface area contributed by atoms with E-state index in [1.165, 1.54) is 23.8 Å². The van der Waals surface area contributed by atoms with Crippen LogP contribution < -0.4 is 0 Å². The van der Waals surface area contributed by atoms with Crippen molar-refractivity contribution in [3.63, 3.8) is 0 Å². The zero-order chi connectivity index (χ0) is 35.3. The lowest BCUT2D eigenvalue weighted by Gasteiger charge is -2.45. The average Bonchev–Trinajstić information content (AvgIpc) is 3.86. The van der Waals surface area contributed by atoms with Crippen molar-refractivity contribution in [1.29, 1.82) is 0 Å². The van der Waals surface area contributed by atoms with Gasteiger partial charge in [0.2, 0.25) is 11.8 Å². The topological polar surface area (TPSA) is 64.2 Å². The molecule has 48 heavy (non-hydrogen) atoms. The fraction of sp³-hybridized carbons (Fsp3) is 0.545. The molecule has 2 atom stereocenters. The van der Waals surface area contributed by atoms with Gasteiger partial charge in [-0.15, -0.1) is 0 Å². The number of likely N-dealkylation sites (tertiary alicyclic amines) is 2. The standard InChI is InChI=1S/C33H36Cl2F6N4O3/c1-19(46)44-11-6-20(7-12-44)29(47)45-13-8-28(25(18-45)21-4-5-26(34)27(35)14-21)42(2)30(48)43(3)31(9-10-31)22-15-23(32(36,37)38)17-24(16-22)33(39,40)41/h4-5,14-17,20,25,28H,6-13,18H2,1-3H3. The fourth-order valence-electron chi connectivity index (χ4n) is 7.09. The van der Waals surface area contributed by atoms with E-state index in [0.717, 1.165) is 5.56 Å². The van der Waals surface area contributed by atoms with Crippen LogP contribution in [0.25, 0.3) is 0 Å². The molecule has 3 fully saturated rings. The zero-order valence-corrected chi connectivity index (χ0v) is 28.1. The lowest BCUT2D eigenvalue weighted by atomic mass is 9.84. The molecule has 262 valence electrons. The number of urea groups is 1. The van der Waals surface area contributed by atoms with Crippen molar-refractivity contribution < 1.29 is 40.7 Å². The summed E-state index contributed by atoms with van der Waals surface area (Å²) < 4.78 is 82.0. The van der Waals surface area contributed by atoms with E-state index in [9.17, 15) is 40.7 Å². The Labute approximate surface area is 284 Å². The van der Waals surface area contributed by atoms with Crippen molar-refractivity contribution >= 4 is 41.0 Å². The molecule has 0 N–H and O–H groups in total. The highest BCUT2D eigenvalue weighted by Gasteiger charge is 2.53. The molecule has 0 aromatic heterocycles. The van der Waals surface area contributed by atoms with E-state index in [1.807, 2.05) is 0 Å². The van der Waals surface area contributed by atoms with Crippen molar-refractivity contribution in [1.82, 2.24) is 19.6 Å². The second-order valence-corrected chi connectivity index (χ2v) is 13.8. The second kappa shape index (κ2) is 13.3. The van der Waals surface area contributed by atoms with Crippen molar-refractivity contribution in [3.05, 3.63) is 68.7 Å². The van der Waals surface area contributed by atoms with Crippen molar-refractivity contribution in [2.24, 2.45) is 5.92 Å². The molecule has 3 aliphatic rings. The molecule has 2 saturated heterocycles. The quantitative estimate of drug-likeness (QED) is 0.298. The summed E-state index contributed by atoms with van der Waals surface area (Å²) in [4.78, 5) is 45.6. The third-order valence-electron chi connectivity index (χ3n) is 10.1. The maximum Gasteiger partial charge on any atom is 0.416 e. The monoisotopic (exact) mass is 720 g/mol. The third kappa shape index (κ3) is 7.22. The number of halogens is 8. The molecule has 0 radical (unpaired) electrons. The smallest absolute Gasteiger partial charge is 0.343 e. The summed E-state index contributed by atoms with van der Waals surface area (Å²) in [6.07, 6.45) is -8.24. The van der Waals surface area contributed by atoms with Gasteiger partial charge in [0, 0.05) is 65.1 Å². The minimum absolute atomic E-state index is 0.0408. The van der Waals surface area contributed by atoms with Gasteiger partial charge in [-0.1, -0.05) is 29.3 Å². The van der Waals surface area contributed by atoms with E-state index in [-0.39, 0.29) is 53.8 Å². The zero-order valence-electron chi connectivity index (χ0n) is 26.6. The summed E-state index contributed by atoms with van der Waals surface area (Å²) in [5.74, 6) is -0.783. The first-order valence-corrected chi connectivity index (χ1v) is 16.4. The third-order valence-corrected chi connectivity index (χ3v) is 10.9. The predicted octanol–water partition coefficient (Wildman–Crippen LogP) is 7.65. The molecule has 2 heterocycles. The van der Waals surface area contributed by atoms with Gasteiger partial charge in [0.05, 0.1) is 26.7 Å². The number of rotatable bonds is 5. The Balaban J connectivity index is 1.40. The molecule has 2 unspecified atom stereocenters. The number of piperidine rings is 2. The van der Waals surface area contributed by atoms with E-state index in [2.05, 4.69) is 0 Å².